The Balaban J connectivity index is 1.90. The van der Waals surface area contributed by atoms with E-state index in [0.717, 1.165) is 17.5 Å². The Labute approximate surface area is 127 Å². The summed E-state index contributed by atoms with van der Waals surface area (Å²) < 4.78 is 22.6. The van der Waals surface area contributed by atoms with Gasteiger partial charge < -0.3 is 5.32 Å². The molecule has 1 fully saturated rings. The minimum Gasteiger partial charge on any atom is -0.363 e. The summed E-state index contributed by atoms with van der Waals surface area (Å²) in [5, 5.41) is 4.14. The van der Waals surface area contributed by atoms with E-state index in [1.54, 1.807) is 25.6 Å². The van der Waals surface area contributed by atoms with Crippen LogP contribution in [0, 0.1) is 5.41 Å². The average Bonchev–Trinajstić information content (AvgIpc) is 2.38. The van der Waals surface area contributed by atoms with E-state index in [-0.39, 0.29) is 0 Å². The molecule has 1 aliphatic carbocycles. The average molecular weight is 319 g/mol. The largest absolute Gasteiger partial charge is 0.363 e. The second-order valence-electron chi connectivity index (χ2n) is 6.86. The third-order valence-corrected chi connectivity index (χ3v) is 8.11. The number of thioether (sulfide) groups is 1. The summed E-state index contributed by atoms with van der Waals surface area (Å²) in [6.07, 6.45) is 7.92. The highest BCUT2D eigenvalue weighted by Crippen LogP contribution is 2.41. The van der Waals surface area contributed by atoms with Gasteiger partial charge in [-0.1, -0.05) is 31.0 Å². The van der Waals surface area contributed by atoms with Crippen molar-refractivity contribution in [1.29, 1.82) is 0 Å². The summed E-state index contributed by atoms with van der Waals surface area (Å²) in [6.45, 7) is 4.84. The first-order chi connectivity index (χ1) is 9.24. The standard InChI is InChI=1S/C14H26N2O2S2/c1-13(2,20(3,17)18)9-15-12-16-10-14(11-19-12)7-5-4-6-8-14/h4-11H2,1-3H3,(H,15,16). The number of hydrogen-bond donors (Lipinski definition) is 1. The van der Waals surface area contributed by atoms with E-state index >= 15 is 0 Å². The van der Waals surface area contributed by atoms with Crippen LogP contribution < -0.4 is 5.32 Å². The molecule has 1 heterocycles. The summed E-state index contributed by atoms with van der Waals surface area (Å²) in [4.78, 5) is 4.67. The van der Waals surface area contributed by atoms with Gasteiger partial charge in [0.1, 0.15) is 0 Å². The van der Waals surface area contributed by atoms with Crippen molar-refractivity contribution >= 4 is 26.8 Å². The molecule has 0 amide bonds. The zero-order chi connectivity index (χ0) is 14.9. The number of nitrogens with one attached hydrogen (secondary N) is 1. The highest BCUT2D eigenvalue weighted by molar-refractivity contribution is 8.13. The third kappa shape index (κ3) is 3.70. The Morgan fingerprint density at radius 2 is 1.95 bits per heavy atom. The van der Waals surface area contributed by atoms with E-state index < -0.39 is 14.6 Å². The van der Waals surface area contributed by atoms with Crippen LogP contribution >= 0.6 is 11.8 Å². The Kier molecular flexibility index (Phi) is 4.74. The zero-order valence-corrected chi connectivity index (χ0v) is 14.4. The topological polar surface area (TPSA) is 58.5 Å². The van der Waals surface area contributed by atoms with Crippen molar-refractivity contribution in [1.82, 2.24) is 5.32 Å². The number of hydrogen-bond acceptors (Lipinski definition) is 5. The van der Waals surface area contributed by atoms with Crippen LogP contribution in [-0.2, 0) is 9.84 Å². The molecule has 2 aliphatic rings. The molecule has 0 aromatic rings. The van der Waals surface area contributed by atoms with E-state index in [1.807, 2.05) is 0 Å². The predicted octanol–water partition coefficient (Wildman–Crippen LogP) is 2.45. The summed E-state index contributed by atoms with van der Waals surface area (Å²) >= 11 is 1.76. The van der Waals surface area contributed by atoms with E-state index in [4.69, 9.17) is 0 Å². The Morgan fingerprint density at radius 3 is 2.45 bits per heavy atom. The maximum absolute atomic E-state index is 11.7. The van der Waals surface area contributed by atoms with Crippen molar-refractivity contribution < 1.29 is 8.42 Å². The van der Waals surface area contributed by atoms with Crippen LogP contribution in [0.3, 0.4) is 0 Å². The predicted molar refractivity (Wildman–Crippen MR) is 87.2 cm³/mol. The fourth-order valence-electron chi connectivity index (χ4n) is 2.68. The van der Waals surface area contributed by atoms with Crippen LogP contribution in [0.1, 0.15) is 46.0 Å². The lowest BCUT2D eigenvalue weighted by atomic mass is 9.75. The number of sulfone groups is 1. The SMILES string of the molecule is CC(C)(CNC1=NCC2(CCCCC2)CS1)S(C)(=O)=O. The van der Waals surface area contributed by atoms with Crippen molar-refractivity contribution in [3.63, 3.8) is 0 Å². The smallest absolute Gasteiger partial charge is 0.156 e. The van der Waals surface area contributed by atoms with Crippen molar-refractivity contribution in [3.8, 4) is 0 Å². The first kappa shape index (κ1) is 16.1. The molecule has 0 atom stereocenters. The lowest BCUT2D eigenvalue weighted by Gasteiger charge is -2.38. The third-order valence-electron chi connectivity index (χ3n) is 4.66. The lowest BCUT2D eigenvalue weighted by molar-refractivity contribution is 0.232. The molecule has 1 spiro atoms. The maximum Gasteiger partial charge on any atom is 0.156 e. The normalized spacial score (nSPS) is 23.4. The Bertz CT molecular complexity index is 477. The van der Waals surface area contributed by atoms with Gasteiger partial charge in [-0.05, 0) is 32.1 Å². The van der Waals surface area contributed by atoms with Crippen LogP contribution in [0.4, 0.5) is 0 Å². The number of amidine groups is 1. The van der Waals surface area contributed by atoms with Gasteiger partial charge in [-0.25, -0.2) is 8.42 Å². The molecule has 20 heavy (non-hydrogen) atoms. The second kappa shape index (κ2) is 5.87. The molecular weight excluding hydrogens is 292 g/mol. The molecule has 0 bridgehead atoms. The van der Waals surface area contributed by atoms with Crippen LogP contribution in [0.15, 0.2) is 4.99 Å². The van der Waals surface area contributed by atoms with Crippen LogP contribution in [0.5, 0.6) is 0 Å². The number of aliphatic imine (C=N–C) groups is 1. The van der Waals surface area contributed by atoms with Gasteiger partial charge in [-0.3, -0.25) is 4.99 Å². The van der Waals surface area contributed by atoms with Crippen molar-refractivity contribution in [2.24, 2.45) is 10.4 Å². The summed E-state index contributed by atoms with van der Waals surface area (Å²) in [5.74, 6) is 1.12. The summed E-state index contributed by atoms with van der Waals surface area (Å²) in [6, 6.07) is 0. The number of rotatable bonds is 3. The molecule has 0 saturated heterocycles. The molecule has 0 radical (unpaired) electrons. The first-order valence-corrected chi connectivity index (χ1v) is 10.2. The fourth-order valence-corrected chi connectivity index (χ4v) is 4.17. The minimum absolute atomic E-state index is 0.417. The summed E-state index contributed by atoms with van der Waals surface area (Å²) in [5.41, 5.74) is 0.417. The zero-order valence-electron chi connectivity index (χ0n) is 12.7. The van der Waals surface area contributed by atoms with Gasteiger partial charge in [0.25, 0.3) is 0 Å². The molecule has 0 aromatic heterocycles. The molecule has 4 nitrogen and oxygen atoms in total. The quantitative estimate of drug-likeness (QED) is 0.868. The van der Waals surface area contributed by atoms with Crippen molar-refractivity contribution in [2.45, 2.75) is 50.7 Å². The fraction of sp³-hybridized carbons (Fsp3) is 0.929. The molecule has 1 N–H and O–H groups in total. The highest BCUT2D eigenvalue weighted by Gasteiger charge is 2.36. The molecule has 1 saturated carbocycles. The highest BCUT2D eigenvalue weighted by atomic mass is 32.2. The van der Waals surface area contributed by atoms with Crippen molar-refractivity contribution in [3.05, 3.63) is 0 Å². The van der Waals surface area contributed by atoms with Crippen LogP contribution in [-0.4, -0.2) is 43.4 Å². The lowest BCUT2D eigenvalue weighted by Crippen LogP contribution is -2.45. The number of nitrogens with zero attached hydrogens (tertiary/aromatic N) is 1. The molecule has 0 unspecified atom stereocenters. The monoisotopic (exact) mass is 318 g/mol. The molecular formula is C14H26N2O2S2. The van der Waals surface area contributed by atoms with Gasteiger partial charge in [0.15, 0.2) is 15.0 Å². The molecule has 2 rings (SSSR count). The van der Waals surface area contributed by atoms with Gasteiger partial charge in [-0.2, -0.15) is 0 Å². The minimum atomic E-state index is -3.06. The molecule has 6 heteroatoms. The van der Waals surface area contributed by atoms with Crippen molar-refractivity contribution in [2.75, 3.05) is 25.1 Å². The van der Waals surface area contributed by atoms with Gasteiger partial charge in [0.2, 0.25) is 0 Å². The molecule has 0 aromatic carbocycles. The van der Waals surface area contributed by atoms with E-state index in [9.17, 15) is 8.42 Å². The molecule has 116 valence electrons. The van der Waals surface area contributed by atoms with Gasteiger partial charge >= 0.3 is 0 Å². The van der Waals surface area contributed by atoms with Crippen LogP contribution in [0.2, 0.25) is 0 Å². The van der Waals surface area contributed by atoms with E-state index in [0.29, 0.717) is 12.0 Å². The van der Waals surface area contributed by atoms with Gasteiger partial charge in [0, 0.05) is 25.1 Å². The maximum atomic E-state index is 11.7. The van der Waals surface area contributed by atoms with Gasteiger partial charge in [0.05, 0.1) is 4.75 Å². The molecule has 1 aliphatic heterocycles. The summed E-state index contributed by atoms with van der Waals surface area (Å²) in [7, 11) is -3.06. The van der Waals surface area contributed by atoms with E-state index in [1.165, 1.54) is 38.4 Å². The Morgan fingerprint density at radius 1 is 1.30 bits per heavy atom. The van der Waals surface area contributed by atoms with E-state index in [2.05, 4.69) is 10.3 Å². The van der Waals surface area contributed by atoms with Crippen LogP contribution in [0.25, 0.3) is 0 Å². The first-order valence-electron chi connectivity index (χ1n) is 7.35. The van der Waals surface area contributed by atoms with Gasteiger partial charge in [-0.15, -0.1) is 0 Å². The Hall–Kier alpha value is -0.230. The second-order valence-corrected chi connectivity index (χ2v) is 10.5.